The topological polar surface area (TPSA) is 87.9 Å². The first-order valence-corrected chi connectivity index (χ1v) is 12.1. The van der Waals surface area contributed by atoms with Crippen molar-refractivity contribution in [2.24, 2.45) is 0 Å². The van der Waals surface area contributed by atoms with Gasteiger partial charge >= 0.3 is 6.18 Å². The molecule has 4 rings (SSSR count). The molecule has 0 bridgehead atoms. The van der Waals surface area contributed by atoms with Gasteiger partial charge in [-0.3, -0.25) is 9.69 Å². The van der Waals surface area contributed by atoms with Crippen LogP contribution in [0.4, 0.5) is 13.2 Å². The molecular formula is C19H20F3N5O3S2. The van der Waals surface area contributed by atoms with Crippen LogP contribution in [0.25, 0.3) is 4.96 Å². The van der Waals surface area contributed by atoms with Crippen LogP contribution < -0.4 is 5.56 Å². The standard InChI is InChI=1S/C19H20F3N5O3S2/c1-2-16-24-27-17(28)11-14(23-18(27)31-16)12-25-6-8-26(9-7-25)32(29,30)15-5-3-4-13(10-15)19(20,21)22/h3-5,10-11H,2,6-9,12H2,1H3. The maximum atomic E-state index is 13.0. The van der Waals surface area contributed by atoms with Gasteiger partial charge in [-0.05, 0) is 24.6 Å². The molecule has 0 spiro atoms. The van der Waals surface area contributed by atoms with E-state index in [1.807, 2.05) is 11.8 Å². The molecule has 0 amide bonds. The quantitative estimate of drug-likeness (QED) is 0.549. The predicted octanol–water partition coefficient (Wildman–Crippen LogP) is 2.24. The highest BCUT2D eigenvalue weighted by molar-refractivity contribution is 7.89. The zero-order valence-corrected chi connectivity index (χ0v) is 18.7. The SMILES string of the molecule is CCc1nn2c(=O)cc(CN3CCN(S(=O)(=O)c4cccc(C(F)(F)F)c4)CC3)nc2s1. The lowest BCUT2D eigenvalue weighted by Gasteiger charge is -2.33. The Labute approximate surface area is 186 Å². The number of benzene rings is 1. The van der Waals surface area contributed by atoms with Crippen LogP contribution in [0.2, 0.25) is 0 Å². The Kier molecular flexibility index (Phi) is 6.09. The molecule has 172 valence electrons. The van der Waals surface area contributed by atoms with Crippen LogP contribution in [-0.4, -0.2) is 58.4 Å². The van der Waals surface area contributed by atoms with Crippen molar-refractivity contribution in [3.05, 3.63) is 57.0 Å². The van der Waals surface area contributed by atoms with E-state index in [4.69, 9.17) is 0 Å². The Morgan fingerprint density at radius 3 is 2.50 bits per heavy atom. The van der Waals surface area contributed by atoms with Gasteiger partial charge in [-0.1, -0.05) is 24.3 Å². The molecule has 1 aromatic carbocycles. The number of nitrogens with zero attached hydrogens (tertiary/aromatic N) is 5. The lowest BCUT2D eigenvalue weighted by Crippen LogP contribution is -2.48. The molecule has 3 heterocycles. The molecular weight excluding hydrogens is 467 g/mol. The molecule has 1 aliphatic rings. The summed E-state index contributed by atoms with van der Waals surface area (Å²) < 4.78 is 67.0. The first-order valence-electron chi connectivity index (χ1n) is 9.86. The Bertz CT molecular complexity index is 1300. The summed E-state index contributed by atoms with van der Waals surface area (Å²) in [5, 5.41) is 5.01. The summed E-state index contributed by atoms with van der Waals surface area (Å²) in [5.74, 6) is 0. The minimum atomic E-state index is -4.62. The van der Waals surface area contributed by atoms with Crippen molar-refractivity contribution in [2.45, 2.75) is 31.0 Å². The lowest BCUT2D eigenvalue weighted by molar-refractivity contribution is -0.137. The van der Waals surface area contributed by atoms with E-state index in [1.54, 1.807) is 0 Å². The van der Waals surface area contributed by atoms with Gasteiger partial charge in [-0.2, -0.15) is 27.1 Å². The molecule has 8 nitrogen and oxygen atoms in total. The van der Waals surface area contributed by atoms with E-state index in [0.717, 1.165) is 17.1 Å². The number of sulfonamides is 1. The van der Waals surface area contributed by atoms with Crippen molar-refractivity contribution in [1.29, 1.82) is 0 Å². The average molecular weight is 488 g/mol. The van der Waals surface area contributed by atoms with Gasteiger partial charge in [0.15, 0.2) is 0 Å². The number of hydrogen-bond donors (Lipinski definition) is 0. The van der Waals surface area contributed by atoms with Crippen LogP contribution in [0, 0.1) is 0 Å². The molecule has 0 atom stereocenters. The van der Waals surface area contributed by atoms with Crippen molar-refractivity contribution in [3.8, 4) is 0 Å². The Hall–Kier alpha value is -2.35. The van der Waals surface area contributed by atoms with Crippen LogP contribution in [0.3, 0.4) is 0 Å². The fourth-order valence-electron chi connectivity index (χ4n) is 3.46. The largest absolute Gasteiger partial charge is 0.416 e. The number of alkyl halides is 3. The third-order valence-corrected chi connectivity index (χ3v) is 8.11. The number of piperazine rings is 1. The first-order chi connectivity index (χ1) is 15.1. The summed E-state index contributed by atoms with van der Waals surface area (Å²) in [6.45, 7) is 3.28. The summed E-state index contributed by atoms with van der Waals surface area (Å²) >= 11 is 1.35. The summed E-state index contributed by atoms with van der Waals surface area (Å²) in [6, 6.07) is 5.18. The summed E-state index contributed by atoms with van der Waals surface area (Å²) in [5.41, 5.74) is -0.707. The number of hydrogen-bond acceptors (Lipinski definition) is 7. The monoisotopic (exact) mass is 487 g/mol. The Morgan fingerprint density at radius 2 is 1.84 bits per heavy atom. The van der Waals surface area contributed by atoms with E-state index >= 15 is 0 Å². The molecule has 13 heteroatoms. The molecule has 0 radical (unpaired) electrons. The van der Waals surface area contributed by atoms with Crippen molar-refractivity contribution >= 4 is 26.3 Å². The summed E-state index contributed by atoms with van der Waals surface area (Å²) in [6.07, 6.45) is -3.92. The van der Waals surface area contributed by atoms with Crippen molar-refractivity contribution in [2.75, 3.05) is 26.2 Å². The maximum Gasteiger partial charge on any atom is 0.416 e. The van der Waals surface area contributed by atoms with Crippen LogP contribution in [0.5, 0.6) is 0 Å². The molecule has 0 aliphatic carbocycles. The fourth-order valence-corrected chi connectivity index (χ4v) is 5.79. The molecule has 1 fully saturated rings. The van der Waals surface area contributed by atoms with Gasteiger partial charge in [0.1, 0.15) is 5.01 Å². The van der Waals surface area contributed by atoms with Gasteiger partial charge < -0.3 is 0 Å². The van der Waals surface area contributed by atoms with Gasteiger partial charge in [0.2, 0.25) is 15.0 Å². The van der Waals surface area contributed by atoms with Crippen LogP contribution in [0.15, 0.2) is 40.0 Å². The molecule has 0 N–H and O–H groups in total. The smallest absolute Gasteiger partial charge is 0.295 e. The summed E-state index contributed by atoms with van der Waals surface area (Å²) in [7, 11) is -4.05. The third kappa shape index (κ3) is 4.56. The van der Waals surface area contributed by atoms with Gasteiger partial charge in [0, 0.05) is 38.8 Å². The van der Waals surface area contributed by atoms with E-state index in [0.29, 0.717) is 42.8 Å². The molecule has 1 saturated heterocycles. The number of fused-ring (bicyclic) bond motifs is 1. The second kappa shape index (κ2) is 8.54. The Balaban J connectivity index is 1.45. The number of aromatic nitrogens is 3. The zero-order chi connectivity index (χ0) is 23.1. The van der Waals surface area contributed by atoms with Gasteiger partial charge in [0.25, 0.3) is 5.56 Å². The molecule has 2 aromatic heterocycles. The van der Waals surface area contributed by atoms with Gasteiger partial charge in [0.05, 0.1) is 16.2 Å². The molecule has 32 heavy (non-hydrogen) atoms. The molecule has 0 saturated carbocycles. The fraction of sp³-hybridized carbons (Fsp3) is 0.421. The maximum absolute atomic E-state index is 13.0. The summed E-state index contributed by atoms with van der Waals surface area (Å²) in [4.78, 5) is 18.9. The van der Waals surface area contributed by atoms with Crippen LogP contribution in [0.1, 0.15) is 23.2 Å². The minimum Gasteiger partial charge on any atom is -0.295 e. The van der Waals surface area contributed by atoms with Crippen LogP contribution in [-0.2, 0) is 29.2 Å². The van der Waals surface area contributed by atoms with Gasteiger partial charge in [-0.25, -0.2) is 13.4 Å². The first kappa shape index (κ1) is 22.8. The normalized spacial score (nSPS) is 16.6. The molecule has 0 unspecified atom stereocenters. The predicted molar refractivity (Wildman–Crippen MR) is 112 cm³/mol. The molecule has 1 aliphatic heterocycles. The average Bonchev–Trinajstić information content (AvgIpc) is 3.18. The zero-order valence-electron chi connectivity index (χ0n) is 17.0. The second-order valence-corrected chi connectivity index (χ2v) is 10.3. The third-order valence-electron chi connectivity index (χ3n) is 5.16. The molecule has 3 aromatic rings. The van der Waals surface area contributed by atoms with Crippen LogP contribution >= 0.6 is 11.3 Å². The van der Waals surface area contributed by atoms with E-state index in [1.165, 1.54) is 32.3 Å². The number of rotatable bonds is 5. The highest BCUT2D eigenvalue weighted by atomic mass is 32.2. The van der Waals surface area contributed by atoms with Crippen molar-refractivity contribution in [3.63, 3.8) is 0 Å². The van der Waals surface area contributed by atoms with Crippen molar-refractivity contribution in [1.82, 2.24) is 23.8 Å². The van der Waals surface area contributed by atoms with E-state index in [2.05, 4.69) is 10.1 Å². The number of halogens is 3. The lowest BCUT2D eigenvalue weighted by atomic mass is 10.2. The Morgan fingerprint density at radius 1 is 1.12 bits per heavy atom. The van der Waals surface area contributed by atoms with E-state index in [9.17, 15) is 26.4 Å². The minimum absolute atomic E-state index is 0.125. The van der Waals surface area contributed by atoms with E-state index in [-0.39, 0.29) is 23.5 Å². The highest BCUT2D eigenvalue weighted by Gasteiger charge is 2.34. The highest BCUT2D eigenvalue weighted by Crippen LogP contribution is 2.31. The van der Waals surface area contributed by atoms with Gasteiger partial charge in [-0.15, -0.1) is 0 Å². The van der Waals surface area contributed by atoms with Crippen molar-refractivity contribution < 1.29 is 21.6 Å². The van der Waals surface area contributed by atoms with E-state index < -0.39 is 21.8 Å². The number of aryl methyl sites for hydroxylation is 1. The second-order valence-electron chi connectivity index (χ2n) is 7.34.